The van der Waals surface area contributed by atoms with Crippen LogP contribution in [-0.2, 0) is 17.9 Å². The Morgan fingerprint density at radius 1 is 1.41 bits per heavy atom. The smallest absolute Gasteiger partial charge is 0.253 e. The molecule has 116 valence electrons. The van der Waals surface area contributed by atoms with Gasteiger partial charge in [0.05, 0.1) is 6.54 Å². The number of nitrogens with one attached hydrogen (secondary N) is 1. The van der Waals surface area contributed by atoms with Crippen molar-refractivity contribution in [2.45, 2.75) is 25.1 Å². The van der Waals surface area contributed by atoms with Gasteiger partial charge in [-0.3, -0.25) is 4.79 Å². The van der Waals surface area contributed by atoms with E-state index in [0.717, 1.165) is 11.6 Å². The van der Waals surface area contributed by atoms with Crippen LogP contribution in [0.5, 0.6) is 0 Å². The average molecular weight is 317 g/mol. The van der Waals surface area contributed by atoms with Crippen LogP contribution in [0.15, 0.2) is 42.7 Å². The summed E-state index contributed by atoms with van der Waals surface area (Å²) in [4.78, 5) is 16.4. The van der Waals surface area contributed by atoms with Crippen LogP contribution in [0.2, 0.25) is 0 Å². The average Bonchev–Trinajstić information content (AvgIpc) is 3.16. The van der Waals surface area contributed by atoms with Gasteiger partial charge in [0.15, 0.2) is 5.60 Å². The number of benzene rings is 1. The molecule has 0 aliphatic carbocycles. The lowest BCUT2D eigenvalue weighted by Gasteiger charge is -2.20. The number of aliphatic hydroxyl groups is 1. The van der Waals surface area contributed by atoms with Gasteiger partial charge in [0, 0.05) is 24.7 Å². The minimum atomic E-state index is -1.22. The normalized spacial score (nSPS) is 21.0. The summed E-state index contributed by atoms with van der Waals surface area (Å²) in [6.07, 6.45) is 4.14. The van der Waals surface area contributed by atoms with Gasteiger partial charge in [0.2, 0.25) is 0 Å². The molecule has 1 aromatic carbocycles. The van der Waals surface area contributed by atoms with Gasteiger partial charge in [-0.2, -0.15) is 11.8 Å². The van der Waals surface area contributed by atoms with E-state index in [0.29, 0.717) is 25.3 Å². The number of imidazole rings is 1. The zero-order chi connectivity index (χ0) is 15.4. The molecule has 22 heavy (non-hydrogen) atoms. The minimum absolute atomic E-state index is 0.299. The second kappa shape index (κ2) is 6.54. The number of carbonyl (C=O) groups is 1. The van der Waals surface area contributed by atoms with Crippen molar-refractivity contribution < 1.29 is 9.90 Å². The number of thioether (sulfide) groups is 1. The Kier molecular flexibility index (Phi) is 4.49. The predicted molar refractivity (Wildman–Crippen MR) is 86.5 cm³/mol. The van der Waals surface area contributed by atoms with E-state index >= 15 is 0 Å². The Morgan fingerprint density at radius 3 is 2.95 bits per heavy atom. The lowest BCUT2D eigenvalue weighted by molar-refractivity contribution is -0.137. The lowest BCUT2D eigenvalue weighted by atomic mass is 10.0. The van der Waals surface area contributed by atoms with Gasteiger partial charge in [-0.05, 0) is 17.7 Å². The summed E-state index contributed by atoms with van der Waals surface area (Å²) in [6, 6.07) is 10.1. The Balaban J connectivity index is 1.62. The maximum atomic E-state index is 12.1. The summed E-state index contributed by atoms with van der Waals surface area (Å²) >= 11 is 1.61. The third-order valence-electron chi connectivity index (χ3n) is 3.83. The number of amides is 1. The molecule has 1 atom stereocenters. The molecule has 1 fully saturated rings. The van der Waals surface area contributed by atoms with Crippen LogP contribution < -0.4 is 5.32 Å². The van der Waals surface area contributed by atoms with E-state index in [2.05, 4.69) is 22.4 Å². The van der Waals surface area contributed by atoms with Crippen LogP contribution >= 0.6 is 11.8 Å². The molecule has 0 saturated carbocycles. The second-order valence-corrected chi connectivity index (χ2v) is 6.58. The Bertz CT molecular complexity index is 636. The van der Waals surface area contributed by atoms with Gasteiger partial charge < -0.3 is 15.0 Å². The fraction of sp³-hybridized carbons (Fsp3) is 0.375. The van der Waals surface area contributed by atoms with Gasteiger partial charge in [0.1, 0.15) is 5.82 Å². The summed E-state index contributed by atoms with van der Waals surface area (Å²) in [6.45, 7) is 1.04. The van der Waals surface area contributed by atoms with Crippen molar-refractivity contribution in [2.24, 2.45) is 0 Å². The Hall–Kier alpha value is -1.79. The van der Waals surface area contributed by atoms with Crippen LogP contribution in [0.1, 0.15) is 17.8 Å². The molecule has 0 radical (unpaired) electrons. The molecular formula is C16H19N3O2S. The van der Waals surface area contributed by atoms with Crippen molar-refractivity contribution in [3.05, 3.63) is 54.1 Å². The zero-order valence-electron chi connectivity index (χ0n) is 12.2. The predicted octanol–water partition coefficient (Wildman–Crippen LogP) is 1.42. The molecule has 5 nitrogen and oxygen atoms in total. The van der Waals surface area contributed by atoms with Gasteiger partial charge in [-0.25, -0.2) is 4.98 Å². The topological polar surface area (TPSA) is 67.2 Å². The van der Waals surface area contributed by atoms with E-state index < -0.39 is 5.60 Å². The van der Waals surface area contributed by atoms with Crippen LogP contribution in [-0.4, -0.2) is 37.7 Å². The van der Waals surface area contributed by atoms with Crippen LogP contribution in [0.25, 0.3) is 0 Å². The van der Waals surface area contributed by atoms with Crippen molar-refractivity contribution in [1.29, 1.82) is 0 Å². The highest BCUT2D eigenvalue weighted by Gasteiger charge is 2.39. The molecule has 3 rings (SSSR count). The Labute approximate surface area is 133 Å². The number of hydrogen-bond acceptors (Lipinski definition) is 4. The molecular weight excluding hydrogens is 298 g/mol. The highest BCUT2D eigenvalue weighted by atomic mass is 32.2. The standard InChI is InChI=1S/C16H19N3O2S/c20-15(16(21)6-9-22-12-16)18-10-14-17-7-8-19(14)11-13-4-2-1-3-5-13/h1-5,7-8,21H,6,9-12H2,(H,18,20). The first-order valence-electron chi connectivity index (χ1n) is 7.30. The summed E-state index contributed by atoms with van der Waals surface area (Å²) in [7, 11) is 0. The highest BCUT2D eigenvalue weighted by molar-refractivity contribution is 7.99. The van der Waals surface area contributed by atoms with Crippen molar-refractivity contribution in [2.75, 3.05) is 11.5 Å². The van der Waals surface area contributed by atoms with Crippen molar-refractivity contribution in [1.82, 2.24) is 14.9 Å². The van der Waals surface area contributed by atoms with E-state index in [1.54, 1.807) is 18.0 Å². The van der Waals surface area contributed by atoms with Gasteiger partial charge in [-0.15, -0.1) is 0 Å². The molecule has 0 bridgehead atoms. The first-order chi connectivity index (χ1) is 10.7. The molecule has 6 heteroatoms. The number of aromatic nitrogens is 2. The fourth-order valence-corrected chi connectivity index (χ4v) is 3.73. The summed E-state index contributed by atoms with van der Waals surface area (Å²) in [5.74, 6) is 1.78. The monoisotopic (exact) mass is 317 g/mol. The van der Waals surface area contributed by atoms with Gasteiger partial charge >= 0.3 is 0 Å². The SMILES string of the molecule is O=C(NCc1nccn1Cc1ccccc1)C1(O)CCSC1. The minimum Gasteiger partial charge on any atom is -0.379 e. The molecule has 2 heterocycles. The molecule has 2 N–H and O–H groups in total. The van der Waals surface area contributed by atoms with E-state index in [9.17, 15) is 9.90 Å². The zero-order valence-corrected chi connectivity index (χ0v) is 13.1. The lowest BCUT2D eigenvalue weighted by Crippen LogP contribution is -2.46. The quantitative estimate of drug-likeness (QED) is 0.875. The Morgan fingerprint density at radius 2 is 2.23 bits per heavy atom. The molecule has 1 saturated heterocycles. The van der Waals surface area contributed by atoms with E-state index in [4.69, 9.17) is 0 Å². The highest BCUT2D eigenvalue weighted by Crippen LogP contribution is 2.27. The molecule has 0 spiro atoms. The van der Waals surface area contributed by atoms with E-state index in [1.807, 2.05) is 29.0 Å². The van der Waals surface area contributed by atoms with Crippen molar-refractivity contribution in [3.63, 3.8) is 0 Å². The molecule has 1 aliphatic rings. The maximum Gasteiger partial charge on any atom is 0.253 e. The van der Waals surface area contributed by atoms with Crippen LogP contribution in [0.3, 0.4) is 0 Å². The van der Waals surface area contributed by atoms with Gasteiger partial charge in [-0.1, -0.05) is 30.3 Å². The third-order valence-corrected chi connectivity index (χ3v) is 5.00. The van der Waals surface area contributed by atoms with Crippen molar-refractivity contribution in [3.8, 4) is 0 Å². The number of nitrogens with zero attached hydrogens (tertiary/aromatic N) is 2. The first kappa shape index (κ1) is 15.1. The van der Waals surface area contributed by atoms with E-state index in [-0.39, 0.29) is 5.91 Å². The van der Waals surface area contributed by atoms with Crippen LogP contribution in [0.4, 0.5) is 0 Å². The number of rotatable bonds is 5. The molecule has 1 amide bonds. The number of hydrogen-bond donors (Lipinski definition) is 2. The van der Waals surface area contributed by atoms with Crippen LogP contribution in [0, 0.1) is 0 Å². The molecule has 1 aliphatic heterocycles. The largest absolute Gasteiger partial charge is 0.379 e. The first-order valence-corrected chi connectivity index (χ1v) is 8.45. The molecule has 1 unspecified atom stereocenters. The third kappa shape index (κ3) is 3.34. The summed E-state index contributed by atoms with van der Waals surface area (Å²) < 4.78 is 2.00. The summed E-state index contributed by atoms with van der Waals surface area (Å²) in [5, 5.41) is 13.0. The molecule has 1 aromatic heterocycles. The molecule has 2 aromatic rings. The number of carbonyl (C=O) groups excluding carboxylic acids is 1. The maximum absolute atomic E-state index is 12.1. The van der Waals surface area contributed by atoms with Gasteiger partial charge in [0.25, 0.3) is 5.91 Å². The second-order valence-electron chi connectivity index (χ2n) is 5.47. The van der Waals surface area contributed by atoms with Crippen molar-refractivity contribution >= 4 is 17.7 Å². The van der Waals surface area contributed by atoms with E-state index in [1.165, 1.54) is 5.56 Å². The fourth-order valence-electron chi connectivity index (χ4n) is 2.49. The summed E-state index contributed by atoms with van der Waals surface area (Å²) in [5.41, 5.74) is -0.0412.